The summed E-state index contributed by atoms with van der Waals surface area (Å²) in [7, 11) is 0. The van der Waals surface area contributed by atoms with Crippen LogP contribution in [-0.2, 0) is 11.2 Å². The Balaban J connectivity index is 1.69. The van der Waals surface area contributed by atoms with Gasteiger partial charge in [0.15, 0.2) is 0 Å². The van der Waals surface area contributed by atoms with Gasteiger partial charge in [0.2, 0.25) is 0 Å². The van der Waals surface area contributed by atoms with E-state index < -0.39 is 5.60 Å². The van der Waals surface area contributed by atoms with E-state index in [1.807, 2.05) is 68.1 Å². The SMILES string of the molecule is CC(C)(C)OC(=O)N1CCCCC1Cc1cc(-c2ccc(Cl)cc2)nc2ccccc12. The fourth-order valence-electron chi connectivity index (χ4n) is 4.21. The number of carbonyl (C=O) groups is 1. The summed E-state index contributed by atoms with van der Waals surface area (Å²) >= 11 is 6.08. The summed E-state index contributed by atoms with van der Waals surface area (Å²) < 4.78 is 5.70. The van der Waals surface area contributed by atoms with Crippen LogP contribution in [0, 0.1) is 0 Å². The number of fused-ring (bicyclic) bond motifs is 1. The van der Waals surface area contributed by atoms with Gasteiger partial charge in [-0.25, -0.2) is 9.78 Å². The van der Waals surface area contributed by atoms with Gasteiger partial charge in [0.05, 0.1) is 11.2 Å². The zero-order valence-electron chi connectivity index (χ0n) is 18.4. The smallest absolute Gasteiger partial charge is 0.410 e. The predicted octanol–water partition coefficient (Wildman–Crippen LogP) is 6.89. The topological polar surface area (TPSA) is 42.4 Å². The van der Waals surface area contributed by atoms with Crippen LogP contribution in [0.3, 0.4) is 0 Å². The van der Waals surface area contributed by atoms with Crippen LogP contribution in [0.25, 0.3) is 22.2 Å². The lowest BCUT2D eigenvalue weighted by Crippen LogP contribution is -2.47. The first-order valence-electron chi connectivity index (χ1n) is 10.9. The molecule has 2 aromatic carbocycles. The van der Waals surface area contributed by atoms with Crippen molar-refractivity contribution in [1.82, 2.24) is 9.88 Å². The minimum absolute atomic E-state index is 0.118. The summed E-state index contributed by atoms with van der Waals surface area (Å²) in [5.74, 6) is 0. The number of nitrogens with zero attached hydrogens (tertiary/aromatic N) is 2. The predicted molar refractivity (Wildman–Crippen MR) is 126 cm³/mol. The molecule has 2 heterocycles. The lowest BCUT2D eigenvalue weighted by atomic mass is 9.93. The maximum atomic E-state index is 12.9. The molecule has 162 valence electrons. The molecule has 0 spiro atoms. The van der Waals surface area contributed by atoms with Crippen molar-refractivity contribution in [2.24, 2.45) is 0 Å². The molecule has 1 aromatic heterocycles. The molecular formula is C26H29ClN2O2. The third kappa shape index (κ3) is 5.19. The summed E-state index contributed by atoms with van der Waals surface area (Å²) in [6.07, 6.45) is 3.68. The third-order valence-electron chi connectivity index (χ3n) is 5.65. The van der Waals surface area contributed by atoms with E-state index in [2.05, 4.69) is 12.1 Å². The van der Waals surface area contributed by atoms with E-state index in [4.69, 9.17) is 21.3 Å². The Labute approximate surface area is 189 Å². The zero-order valence-corrected chi connectivity index (χ0v) is 19.2. The Bertz CT molecular complexity index is 1070. The van der Waals surface area contributed by atoms with E-state index in [1.54, 1.807) is 0 Å². The Kier molecular flexibility index (Phi) is 6.19. The summed E-state index contributed by atoms with van der Waals surface area (Å²) in [6, 6.07) is 18.3. The molecule has 1 atom stereocenters. The highest BCUT2D eigenvalue weighted by Gasteiger charge is 2.31. The number of amides is 1. The minimum Gasteiger partial charge on any atom is -0.444 e. The summed E-state index contributed by atoms with van der Waals surface area (Å²) in [6.45, 7) is 6.49. The molecule has 1 aliphatic rings. The number of hydrogen-bond acceptors (Lipinski definition) is 3. The van der Waals surface area contributed by atoms with Crippen LogP contribution in [0.4, 0.5) is 4.79 Å². The molecule has 1 fully saturated rings. The van der Waals surface area contributed by atoms with E-state index in [9.17, 15) is 4.79 Å². The fraction of sp³-hybridized carbons (Fsp3) is 0.385. The standard InChI is InChI=1S/C26H29ClN2O2/c1-26(2,3)31-25(30)29-15-7-6-8-21(29)16-19-17-24(18-11-13-20(27)14-12-18)28-23-10-5-4-9-22(19)23/h4-5,9-14,17,21H,6-8,15-16H2,1-3H3. The van der Waals surface area contributed by atoms with Gasteiger partial charge >= 0.3 is 6.09 Å². The second kappa shape index (κ2) is 8.88. The molecular weight excluding hydrogens is 408 g/mol. The Morgan fingerprint density at radius 2 is 1.87 bits per heavy atom. The van der Waals surface area contributed by atoms with Gasteiger partial charge in [0, 0.05) is 28.6 Å². The van der Waals surface area contributed by atoms with Crippen molar-refractivity contribution in [2.45, 2.75) is 58.1 Å². The van der Waals surface area contributed by atoms with Crippen LogP contribution >= 0.6 is 11.6 Å². The summed E-state index contributed by atoms with van der Waals surface area (Å²) in [5.41, 5.74) is 3.62. The lowest BCUT2D eigenvalue weighted by Gasteiger charge is -2.37. The number of carbonyl (C=O) groups excluding carboxylic acids is 1. The highest BCUT2D eigenvalue weighted by molar-refractivity contribution is 6.30. The molecule has 4 nitrogen and oxygen atoms in total. The van der Waals surface area contributed by atoms with Crippen LogP contribution in [0.2, 0.25) is 5.02 Å². The molecule has 1 saturated heterocycles. The Morgan fingerprint density at radius 1 is 1.13 bits per heavy atom. The number of ether oxygens (including phenoxy) is 1. The molecule has 3 aromatic rings. The van der Waals surface area contributed by atoms with Gasteiger partial charge in [0.25, 0.3) is 0 Å². The van der Waals surface area contributed by atoms with Crippen molar-refractivity contribution >= 4 is 28.6 Å². The molecule has 0 radical (unpaired) electrons. The molecule has 1 aliphatic heterocycles. The molecule has 1 amide bonds. The lowest BCUT2D eigenvalue weighted by molar-refractivity contribution is 0.00998. The number of para-hydroxylation sites is 1. The Morgan fingerprint density at radius 3 is 2.61 bits per heavy atom. The molecule has 31 heavy (non-hydrogen) atoms. The number of rotatable bonds is 3. The molecule has 4 rings (SSSR count). The first-order valence-corrected chi connectivity index (χ1v) is 11.3. The van der Waals surface area contributed by atoms with Gasteiger partial charge < -0.3 is 9.64 Å². The van der Waals surface area contributed by atoms with Crippen LogP contribution in [0.5, 0.6) is 0 Å². The molecule has 0 saturated carbocycles. The number of hydrogen-bond donors (Lipinski definition) is 0. The van der Waals surface area contributed by atoms with Gasteiger partial charge in [-0.3, -0.25) is 0 Å². The second-order valence-corrected chi connectivity index (χ2v) is 9.65. The van der Waals surface area contributed by atoms with Crippen molar-refractivity contribution < 1.29 is 9.53 Å². The number of likely N-dealkylation sites (tertiary alicyclic amines) is 1. The van der Waals surface area contributed by atoms with Crippen molar-refractivity contribution in [3.63, 3.8) is 0 Å². The van der Waals surface area contributed by atoms with E-state index in [-0.39, 0.29) is 12.1 Å². The molecule has 0 N–H and O–H groups in total. The average molecular weight is 437 g/mol. The van der Waals surface area contributed by atoms with Gasteiger partial charge in [-0.05, 0) is 76.3 Å². The van der Waals surface area contributed by atoms with Crippen molar-refractivity contribution in [3.8, 4) is 11.3 Å². The Hall–Kier alpha value is -2.59. The molecule has 5 heteroatoms. The summed E-state index contributed by atoms with van der Waals surface area (Å²) in [5, 5.41) is 1.84. The van der Waals surface area contributed by atoms with E-state index >= 15 is 0 Å². The van der Waals surface area contributed by atoms with Crippen molar-refractivity contribution in [2.75, 3.05) is 6.54 Å². The van der Waals surface area contributed by atoms with Gasteiger partial charge in [0.1, 0.15) is 5.60 Å². The van der Waals surface area contributed by atoms with Gasteiger partial charge in [-0.1, -0.05) is 41.9 Å². The normalized spacial score (nSPS) is 17.0. The second-order valence-electron chi connectivity index (χ2n) is 9.22. The number of benzene rings is 2. The molecule has 0 bridgehead atoms. The number of aromatic nitrogens is 1. The first-order chi connectivity index (χ1) is 14.8. The molecule has 1 unspecified atom stereocenters. The summed E-state index contributed by atoms with van der Waals surface area (Å²) in [4.78, 5) is 19.7. The van der Waals surface area contributed by atoms with E-state index in [1.165, 1.54) is 5.56 Å². The van der Waals surface area contributed by atoms with Crippen LogP contribution < -0.4 is 0 Å². The third-order valence-corrected chi connectivity index (χ3v) is 5.90. The average Bonchev–Trinajstić information content (AvgIpc) is 2.73. The van der Waals surface area contributed by atoms with E-state index in [0.717, 1.165) is 54.4 Å². The van der Waals surface area contributed by atoms with Crippen LogP contribution in [0.15, 0.2) is 54.6 Å². The maximum Gasteiger partial charge on any atom is 0.410 e. The van der Waals surface area contributed by atoms with Crippen LogP contribution in [0.1, 0.15) is 45.6 Å². The van der Waals surface area contributed by atoms with Crippen molar-refractivity contribution in [3.05, 3.63) is 65.2 Å². The van der Waals surface area contributed by atoms with Gasteiger partial charge in [-0.15, -0.1) is 0 Å². The van der Waals surface area contributed by atoms with E-state index in [0.29, 0.717) is 5.02 Å². The first kappa shape index (κ1) is 21.6. The minimum atomic E-state index is -0.496. The monoisotopic (exact) mass is 436 g/mol. The van der Waals surface area contributed by atoms with Gasteiger partial charge in [-0.2, -0.15) is 0 Å². The van der Waals surface area contributed by atoms with Crippen molar-refractivity contribution in [1.29, 1.82) is 0 Å². The highest BCUT2D eigenvalue weighted by atomic mass is 35.5. The van der Waals surface area contributed by atoms with Crippen LogP contribution in [-0.4, -0.2) is 34.2 Å². The largest absolute Gasteiger partial charge is 0.444 e. The number of pyridine rings is 1. The number of piperidine rings is 1. The maximum absolute atomic E-state index is 12.9. The highest BCUT2D eigenvalue weighted by Crippen LogP contribution is 2.30. The molecule has 0 aliphatic carbocycles. The number of halogens is 1. The fourth-order valence-corrected chi connectivity index (χ4v) is 4.34. The zero-order chi connectivity index (χ0) is 22.0. The quantitative estimate of drug-likeness (QED) is 0.449.